The first kappa shape index (κ1) is 19.1. The number of cyclic esters (lactones) is 1. The van der Waals surface area contributed by atoms with E-state index in [4.69, 9.17) is 9.47 Å². The van der Waals surface area contributed by atoms with Gasteiger partial charge in [0, 0.05) is 28.6 Å². The Labute approximate surface area is 171 Å². The minimum absolute atomic E-state index is 0.00419. The highest BCUT2D eigenvalue weighted by Gasteiger charge is 2.29. The van der Waals surface area contributed by atoms with Crippen LogP contribution in [0.5, 0.6) is 5.88 Å². The van der Waals surface area contributed by atoms with Crippen LogP contribution in [0.25, 0.3) is 21.3 Å². The summed E-state index contributed by atoms with van der Waals surface area (Å²) < 4.78 is 15.8. The second-order valence-corrected chi connectivity index (χ2v) is 7.85. The van der Waals surface area contributed by atoms with Gasteiger partial charge in [0.15, 0.2) is 5.76 Å². The summed E-state index contributed by atoms with van der Waals surface area (Å²) in [7, 11) is 1.56. The van der Waals surface area contributed by atoms with Gasteiger partial charge >= 0.3 is 6.09 Å². The number of carbonyl (C=O) groups is 2. The molecule has 1 fully saturated rings. The first-order chi connectivity index (χ1) is 14.0. The second-order valence-electron chi connectivity index (χ2n) is 7.02. The summed E-state index contributed by atoms with van der Waals surface area (Å²) >= 11 is 1.44. The number of hydrogen-bond acceptors (Lipinski definition) is 7. The summed E-state index contributed by atoms with van der Waals surface area (Å²) in [5.41, 5.74) is 2.56. The minimum atomic E-state index is -0.761. The fourth-order valence-electron chi connectivity index (χ4n) is 3.29. The molecule has 1 saturated heterocycles. The number of carbonyl (C=O) groups excluding carboxylic acids is 2. The van der Waals surface area contributed by atoms with E-state index in [0.717, 1.165) is 26.9 Å². The maximum atomic E-state index is 11.9. The molecule has 2 amide bonds. The molecule has 1 N–H and O–H groups in total. The molecule has 0 radical (unpaired) electrons. The molecule has 1 aromatic carbocycles. The first-order valence-corrected chi connectivity index (χ1v) is 9.88. The zero-order valence-corrected chi connectivity index (χ0v) is 16.9. The van der Waals surface area contributed by atoms with Crippen LogP contribution in [0.15, 0.2) is 48.4 Å². The lowest BCUT2D eigenvalue weighted by molar-refractivity contribution is -0.116. The molecular formula is C21H19N3O4S. The normalized spacial score (nSPS) is 16.3. The number of hydrogen-bond donors (Lipinski definition) is 1. The average Bonchev–Trinajstić information content (AvgIpc) is 3.30. The van der Waals surface area contributed by atoms with E-state index in [1.165, 1.54) is 11.5 Å². The topological polar surface area (TPSA) is 90.4 Å². The van der Waals surface area contributed by atoms with E-state index in [1.54, 1.807) is 13.2 Å². The Kier molecular flexibility index (Phi) is 5.02. The van der Waals surface area contributed by atoms with E-state index in [-0.39, 0.29) is 17.6 Å². The molecule has 0 saturated carbocycles. The number of benzene rings is 1. The fraction of sp³-hybridized carbons (Fsp3) is 0.238. The predicted octanol–water partition coefficient (Wildman–Crippen LogP) is 4.26. The van der Waals surface area contributed by atoms with Crippen molar-refractivity contribution in [1.82, 2.24) is 14.7 Å². The summed E-state index contributed by atoms with van der Waals surface area (Å²) in [6, 6.07) is 9.94. The number of nitrogens with one attached hydrogen (secondary N) is 1. The van der Waals surface area contributed by atoms with E-state index < -0.39 is 12.0 Å². The molecule has 0 bridgehead atoms. The fourth-order valence-corrected chi connectivity index (χ4v) is 3.97. The molecule has 7 nitrogen and oxygen atoms in total. The quantitative estimate of drug-likeness (QED) is 0.634. The van der Waals surface area contributed by atoms with Crippen molar-refractivity contribution in [1.29, 1.82) is 0 Å². The molecule has 148 valence electrons. The lowest BCUT2D eigenvalue weighted by Gasteiger charge is -2.20. The highest BCUT2D eigenvalue weighted by molar-refractivity contribution is 7.13. The third kappa shape index (κ3) is 3.71. The monoisotopic (exact) mass is 409 g/mol. The molecule has 29 heavy (non-hydrogen) atoms. The van der Waals surface area contributed by atoms with Crippen molar-refractivity contribution in [2.45, 2.75) is 19.8 Å². The standard InChI is InChI=1S/C21H19N3O4S/c1-11(2)15(9-17-19(25)24-21(26)28-17)14-6-7-16(23-20(14)27-3)12-4-5-13-10-22-29-18(13)8-12/h4-11,15H,1-3H3,(H,24,25,26)/b17-9-. The summed E-state index contributed by atoms with van der Waals surface area (Å²) in [6.45, 7) is 4.03. The summed E-state index contributed by atoms with van der Waals surface area (Å²) in [5.74, 6) is -0.184. The maximum absolute atomic E-state index is 11.9. The van der Waals surface area contributed by atoms with Crippen LogP contribution in [0.3, 0.4) is 0 Å². The van der Waals surface area contributed by atoms with Crippen LogP contribution in [0.4, 0.5) is 4.79 Å². The van der Waals surface area contributed by atoms with Crippen molar-refractivity contribution in [3.05, 3.63) is 53.9 Å². The molecule has 1 aliphatic rings. The first-order valence-electron chi connectivity index (χ1n) is 9.11. The number of ether oxygens (including phenoxy) is 2. The highest BCUT2D eigenvalue weighted by atomic mass is 32.1. The molecule has 1 atom stereocenters. The van der Waals surface area contributed by atoms with Crippen molar-refractivity contribution in [3.63, 3.8) is 0 Å². The lowest BCUT2D eigenvalue weighted by Crippen LogP contribution is -2.19. The van der Waals surface area contributed by atoms with Crippen molar-refractivity contribution in [2.75, 3.05) is 7.11 Å². The summed E-state index contributed by atoms with van der Waals surface area (Å²) in [5, 5.41) is 3.21. The lowest BCUT2D eigenvalue weighted by atomic mass is 9.88. The van der Waals surface area contributed by atoms with Crippen LogP contribution in [0.1, 0.15) is 25.3 Å². The number of rotatable bonds is 5. The van der Waals surface area contributed by atoms with Crippen LogP contribution >= 0.6 is 11.5 Å². The van der Waals surface area contributed by atoms with Gasteiger partial charge in [0.25, 0.3) is 5.91 Å². The smallest absolute Gasteiger partial charge is 0.419 e. The number of imide groups is 1. The number of alkyl carbamates (subject to hydrolysis) is 1. The number of pyridine rings is 1. The molecule has 0 aliphatic carbocycles. The Morgan fingerprint density at radius 3 is 2.72 bits per heavy atom. The molecule has 8 heteroatoms. The summed E-state index contributed by atoms with van der Waals surface area (Å²) in [4.78, 5) is 27.9. The molecule has 2 aromatic heterocycles. The zero-order chi connectivity index (χ0) is 20.5. The molecule has 3 heterocycles. The van der Waals surface area contributed by atoms with Gasteiger partial charge in [-0.05, 0) is 35.7 Å². The SMILES string of the molecule is COc1nc(-c2ccc3cnsc3c2)ccc1C(/C=C1\OC(=O)NC1=O)C(C)C. The van der Waals surface area contributed by atoms with Crippen LogP contribution < -0.4 is 10.1 Å². The van der Waals surface area contributed by atoms with Crippen LogP contribution in [-0.2, 0) is 9.53 Å². The minimum Gasteiger partial charge on any atom is -0.481 e. The van der Waals surface area contributed by atoms with Gasteiger partial charge in [-0.2, -0.15) is 4.37 Å². The van der Waals surface area contributed by atoms with E-state index >= 15 is 0 Å². The Morgan fingerprint density at radius 2 is 2.03 bits per heavy atom. The third-order valence-corrected chi connectivity index (χ3v) is 5.55. The van der Waals surface area contributed by atoms with Gasteiger partial charge < -0.3 is 9.47 Å². The number of aromatic nitrogens is 2. The second kappa shape index (κ2) is 7.63. The van der Waals surface area contributed by atoms with Crippen molar-refractivity contribution in [3.8, 4) is 17.1 Å². The van der Waals surface area contributed by atoms with Gasteiger partial charge in [-0.3, -0.25) is 10.1 Å². The van der Waals surface area contributed by atoms with Gasteiger partial charge in [-0.25, -0.2) is 9.78 Å². The number of fused-ring (bicyclic) bond motifs is 1. The zero-order valence-electron chi connectivity index (χ0n) is 16.1. The molecule has 4 rings (SSSR count). The van der Waals surface area contributed by atoms with Gasteiger partial charge in [-0.1, -0.05) is 32.0 Å². The number of nitrogens with zero attached hydrogens (tertiary/aromatic N) is 2. The van der Waals surface area contributed by atoms with Crippen molar-refractivity contribution < 1.29 is 19.1 Å². The Hall–Kier alpha value is -3.26. The van der Waals surface area contributed by atoms with E-state index in [1.807, 2.05) is 44.3 Å². The number of allylic oxidation sites excluding steroid dienone is 1. The van der Waals surface area contributed by atoms with Gasteiger partial charge in [0.1, 0.15) is 0 Å². The number of methoxy groups -OCH3 is 1. The highest BCUT2D eigenvalue weighted by Crippen LogP contribution is 2.35. The maximum Gasteiger partial charge on any atom is 0.419 e. The molecule has 3 aromatic rings. The van der Waals surface area contributed by atoms with Crippen LogP contribution in [0.2, 0.25) is 0 Å². The Morgan fingerprint density at radius 1 is 1.21 bits per heavy atom. The molecule has 1 aliphatic heterocycles. The van der Waals surface area contributed by atoms with Gasteiger partial charge in [-0.15, -0.1) is 0 Å². The predicted molar refractivity (Wildman–Crippen MR) is 110 cm³/mol. The third-order valence-electron chi connectivity index (χ3n) is 4.79. The largest absolute Gasteiger partial charge is 0.481 e. The molecular weight excluding hydrogens is 390 g/mol. The van der Waals surface area contributed by atoms with Gasteiger partial charge in [0.05, 0.1) is 17.5 Å². The molecule has 0 spiro atoms. The van der Waals surface area contributed by atoms with E-state index in [9.17, 15) is 9.59 Å². The van der Waals surface area contributed by atoms with Crippen molar-refractivity contribution >= 4 is 33.6 Å². The molecule has 1 unspecified atom stereocenters. The van der Waals surface area contributed by atoms with Crippen LogP contribution in [-0.4, -0.2) is 28.5 Å². The summed E-state index contributed by atoms with van der Waals surface area (Å²) in [6.07, 6.45) is 2.73. The van der Waals surface area contributed by atoms with E-state index in [2.05, 4.69) is 20.7 Å². The average molecular weight is 409 g/mol. The Bertz CT molecular complexity index is 1140. The van der Waals surface area contributed by atoms with Gasteiger partial charge in [0.2, 0.25) is 5.88 Å². The Balaban J connectivity index is 1.73. The van der Waals surface area contributed by atoms with E-state index in [0.29, 0.717) is 5.88 Å². The number of amides is 2. The van der Waals surface area contributed by atoms with Crippen molar-refractivity contribution in [2.24, 2.45) is 5.92 Å². The van der Waals surface area contributed by atoms with Crippen LogP contribution in [0, 0.1) is 5.92 Å².